The Balaban J connectivity index is 1.76. The maximum Gasteiger partial charge on any atom is 0.295 e. The van der Waals surface area contributed by atoms with Crippen LogP contribution in [0.3, 0.4) is 0 Å². The van der Waals surface area contributed by atoms with Gasteiger partial charge in [0, 0.05) is 0 Å². The molecule has 18 heavy (non-hydrogen) atoms. The standard InChI is InChI=1S/C15H17NO2/c1-2-4-15(17)16-9-10-18-14-8-7-12-5-3-6-13(12)11-14/h7-8,11H,3,5-6,9-10H2,1H3,(H,16,17). The molecule has 0 radical (unpaired) electrons. The molecule has 94 valence electrons. The van der Waals surface area contributed by atoms with Crippen LogP contribution in [0.1, 0.15) is 24.5 Å². The summed E-state index contributed by atoms with van der Waals surface area (Å²) in [5.74, 6) is 5.60. The third-order valence-corrected chi connectivity index (χ3v) is 2.96. The lowest BCUT2D eigenvalue weighted by Crippen LogP contribution is -2.26. The number of fused-ring (bicyclic) bond motifs is 1. The smallest absolute Gasteiger partial charge is 0.295 e. The van der Waals surface area contributed by atoms with E-state index in [1.54, 1.807) is 6.92 Å². The summed E-state index contributed by atoms with van der Waals surface area (Å²) in [6.45, 7) is 2.58. The van der Waals surface area contributed by atoms with Gasteiger partial charge in [0.2, 0.25) is 0 Å². The molecule has 1 aliphatic carbocycles. The van der Waals surface area contributed by atoms with E-state index in [-0.39, 0.29) is 5.91 Å². The summed E-state index contributed by atoms with van der Waals surface area (Å²) in [5.41, 5.74) is 2.84. The van der Waals surface area contributed by atoms with Crippen molar-refractivity contribution in [1.29, 1.82) is 0 Å². The molecule has 0 aromatic heterocycles. The molecular formula is C15H17NO2. The molecule has 0 spiro atoms. The van der Waals surface area contributed by atoms with Crippen LogP contribution < -0.4 is 10.1 Å². The third kappa shape index (κ3) is 3.27. The molecule has 0 heterocycles. The SMILES string of the molecule is CC#CC(=O)NCCOc1ccc2c(c1)CCC2. The molecule has 3 heteroatoms. The van der Waals surface area contributed by atoms with Gasteiger partial charge in [-0.1, -0.05) is 12.0 Å². The van der Waals surface area contributed by atoms with Crippen LogP contribution in [0.25, 0.3) is 0 Å². The van der Waals surface area contributed by atoms with Gasteiger partial charge in [-0.25, -0.2) is 0 Å². The Hall–Kier alpha value is -1.95. The van der Waals surface area contributed by atoms with Crippen LogP contribution in [0.2, 0.25) is 0 Å². The second-order valence-electron chi connectivity index (χ2n) is 4.26. The summed E-state index contributed by atoms with van der Waals surface area (Å²) in [6.07, 6.45) is 3.57. The average molecular weight is 243 g/mol. The molecule has 1 N–H and O–H groups in total. The van der Waals surface area contributed by atoms with Gasteiger partial charge >= 0.3 is 0 Å². The maximum absolute atomic E-state index is 11.1. The van der Waals surface area contributed by atoms with Crippen molar-refractivity contribution in [2.75, 3.05) is 13.2 Å². The van der Waals surface area contributed by atoms with Crippen LogP contribution in [0, 0.1) is 11.8 Å². The van der Waals surface area contributed by atoms with Gasteiger partial charge in [0.1, 0.15) is 12.4 Å². The first-order chi connectivity index (χ1) is 8.79. The fraction of sp³-hybridized carbons (Fsp3) is 0.400. The van der Waals surface area contributed by atoms with E-state index in [1.807, 2.05) is 6.07 Å². The van der Waals surface area contributed by atoms with Crippen LogP contribution in [0.15, 0.2) is 18.2 Å². The maximum atomic E-state index is 11.1. The van der Waals surface area contributed by atoms with Gasteiger partial charge in [-0.2, -0.15) is 0 Å². The highest BCUT2D eigenvalue weighted by Crippen LogP contribution is 2.25. The summed E-state index contributed by atoms with van der Waals surface area (Å²) < 4.78 is 5.60. The number of amides is 1. The van der Waals surface area contributed by atoms with Crippen LogP contribution in [0.5, 0.6) is 5.75 Å². The molecule has 0 atom stereocenters. The minimum atomic E-state index is -0.255. The number of hydrogen-bond acceptors (Lipinski definition) is 2. The Morgan fingerprint density at radius 2 is 2.22 bits per heavy atom. The fourth-order valence-corrected chi connectivity index (χ4v) is 2.13. The molecule has 0 fully saturated rings. The third-order valence-electron chi connectivity index (χ3n) is 2.96. The van der Waals surface area contributed by atoms with E-state index >= 15 is 0 Å². The molecule has 1 aromatic rings. The van der Waals surface area contributed by atoms with Gasteiger partial charge in [0.15, 0.2) is 0 Å². The zero-order valence-corrected chi connectivity index (χ0v) is 10.6. The monoisotopic (exact) mass is 243 g/mol. The largest absolute Gasteiger partial charge is 0.492 e. The first kappa shape index (κ1) is 12.5. The molecule has 0 saturated heterocycles. The van der Waals surface area contributed by atoms with Gasteiger partial charge in [-0.3, -0.25) is 4.79 Å². The highest BCUT2D eigenvalue weighted by Gasteiger charge is 2.10. The van der Waals surface area contributed by atoms with Gasteiger partial charge in [-0.15, -0.1) is 0 Å². The minimum Gasteiger partial charge on any atom is -0.492 e. The Labute approximate surface area is 108 Å². The lowest BCUT2D eigenvalue weighted by atomic mass is 10.1. The number of aryl methyl sites for hydroxylation is 2. The molecule has 1 aromatic carbocycles. The van der Waals surface area contributed by atoms with Crippen molar-refractivity contribution in [3.8, 4) is 17.6 Å². The number of nitrogens with one attached hydrogen (secondary N) is 1. The first-order valence-electron chi connectivity index (χ1n) is 6.25. The highest BCUT2D eigenvalue weighted by molar-refractivity contribution is 5.93. The zero-order chi connectivity index (χ0) is 12.8. The van der Waals surface area contributed by atoms with Crippen molar-refractivity contribution >= 4 is 5.91 Å². The molecule has 1 aliphatic rings. The van der Waals surface area contributed by atoms with Crippen LogP contribution in [-0.4, -0.2) is 19.1 Å². The quantitative estimate of drug-likeness (QED) is 0.645. The summed E-state index contributed by atoms with van der Waals surface area (Å²) in [6, 6.07) is 6.24. The molecule has 0 bridgehead atoms. The first-order valence-corrected chi connectivity index (χ1v) is 6.25. The number of ether oxygens (including phenoxy) is 1. The fourth-order valence-electron chi connectivity index (χ4n) is 2.13. The number of carbonyl (C=O) groups is 1. The number of rotatable bonds is 4. The molecular weight excluding hydrogens is 226 g/mol. The Morgan fingerprint density at radius 3 is 3.06 bits per heavy atom. The van der Waals surface area contributed by atoms with Crippen molar-refractivity contribution in [2.45, 2.75) is 26.2 Å². The topological polar surface area (TPSA) is 38.3 Å². The summed E-state index contributed by atoms with van der Waals surface area (Å²) in [7, 11) is 0. The summed E-state index contributed by atoms with van der Waals surface area (Å²) in [4.78, 5) is 11.1. The summed E-state index contributed by atoms with van der Waals surface area (Å²) in [5, 5.41) is 2.67. The van der Waals surface area contributed by atoms with Crippen molar-refractivity contribution in [3.63, 3.8) is 0 Å². The Morgan fingerprint density at radius 1 is 1.39 bits per heavy atom. The van der Waals surface area contributed by atoms with E-state index in [0.29, 0.717) is 13.2 Å². The number of carbonyl (C=O) groups excluding carboxylic acids is 1. The van der Waals surface area contributed by atoms with Crippen LogP contribution in [-0.2, 0) is 17.6 Å². The molecule has 3 nitrogen and oxygen atoms in total. The molecule has 0 unspecified atom stereocenters. The van der Waals surface area contributed by atoms with Gasteiger partial charge in [-0.05, 0) is 55.4 Å². The molecule has 1 amide bonds. The van der Waals surface area contributed by atoms with Crippen molar-refractivity contribution in [3.05, 3.63) is 29.3 Å². The predicted octanol–water partition coefficient (Wildman–Crippen LogP) is 1.69. The predicted molar refractivity (Wildman–Crippen MR) is 70.4 cm³/mol. The van der Waals surface area contributed by atoms with E-state index in [4.69, 9.17) is 4.74 Å². The Bertz CT molecular complexity index is 497. The zero-order valence-electron chi connectivity index (χ0n) is 10.6. The molecule has 0 saturated carbocycles. The Kier molecular flexibility index (Phi) is 4.25. The highest BCUT2D eigenvalue weighted by atomic mass is 16.5. The average Bonchev–Trinajstić information content (AvgIpc) is 2.82. The van der Waals surface area contributed by atoms with Crippen LogP contribution >= 0.6 is 0 Å². The minimum absolute atomic E-state index is 0.255. The number of benzene rings is 1. The lowest BCUT2D eigenvalue weighted by Gasteiger charge is -2.08. The second-order valence-corrected chi connectivity index (χ2v) is 4.26. The van der Waals surface area contributed by atoms with Crippen molar-refractivity contribution in [1.82, 2.24) is 5.32 Å². The van der Waals surface area contributed by atoms with Crippen LogP contribution in [0.4, 0.5) is 0 Å². The van der Waals surface area contributed by atoms with Crippen molar-refractivity contribution in [2.24, 2.45) is 0 Å². The van der Waals surface area contributed by atoms with Gasteiger partial charge in [0.05, 0.1) is 6.54 Å². The molecule has 2 rings (SSSR count). The second kappa shape index (κ2) is 6.11. The normalized spacial score (nSPS) is 12.3. The van der Waals surface area contributed by atoms with Gasteiger partial charge < -0.3 is 10.1 Å². The van der Waals surface area contributed by atoms with Gasteiger partial charge in [0.25, 0.3) is 5.91 Å². The van der Waals surface area contributed by atoms with E-state index in [0.717, 1.165) is 12.2 Å². The van der Waals surface area contributed by atoms with E-state index in [1.165, 1.54) is 24.0 Å². The van der Waals surface area contributed by atoms with E-state index < -0.39 is 0 Å². The summed E-state index contributed by atoms with van der Waals surface area (Å²) >= 11 is 0. The molecule has 0 aliphatic heterocycles. The lowest BCUT2D eigenvalue weighted by molar-refractivity contribution is -0.115. The van der Waals surface area contributed by atoms with E-state index in [2.05, 4.69) is 29.3 Å². The number of hydrogen-bond donors (Lipinski definition) is 1. The van der Waals surface area contributed by atoms with E-state index in [9.17, 15) is 4.79 Å². The van der Waals surface area contributed by atoms with Crippen molar-refractivity contribution < 1.29 is 9.53 Å².